The topological polar surface area (TPSA) is 56.8 Å². The zero-order valence-corrected chi connectivity index (χ0v) is 15.0. The summed E-state index contributed by atoms with van der Waals surface area (Å²) in [5.74, 6) is 1.31. The normalized spacial score (nSPS) is 11.8. The molecule has 1 aromatic carbocycles. The van der Waals surface area contributed by atoms with E-state index in [9.17, 15) is 4.79 Å². The van der Waals surface area contributed by atoms with Crippen molar-refractivity contribution in [1.82, 2.24) is 5.32 Å². The van der Waals surface area contributed by atoms with E-state index in [4.69, 9.17) is 14.2 Å². The fraction of sp³-hybridized carbons (Fsp3) is 0.389. The predicted molar refractivity (Wildman–Crippen MR) is 94.9 cm³/mol. The molecule has 0 aliphatic carbocycles. The van der Waals surface area contributed by atoms with Crippen molar-refractivity contribution in [2.75, 3.05) is 27.4 Å². The van der Waals surface area contributed by atoms with Crippen LogP contribution in [0.2, 0.25) is 0 Å². The van der Waals surface area contributed by atoms with E-state index in [2.05, 4.69) is 5.32 Å². The zero-order valence-electron chi connectivity index (χ0n) is 14.2. The molecule has 1 atom stereocenters. The minimum atomic E-state index is -0.112. The van der Waals surface area contributed by atoms with Gasteiger partial charge in [0.15, 0.2) is 11.5 Å². The van der Waals surface area contributed by atoms with Gasteiger partial charge in [0.2, 0.25) is 5.91 Å². The monoisotopic (exact) mass is 349 g/mol. The van der Waals surface area contributed by atoms with Gasteiger partial charge in [-0.3, -0.25) is 4.79 Å². The van der Waals surface area contributed by atoms with Gasteiger partial charge in [0, 0.05) is 12.0 Å². The van der Waals surface area contributed by atoms with E-state index < -0.39 is 0 Å². The van der Waals surface area contributed by atoms with E-state index in [1.807, 2.05) is 42.6 Å². The smallest absolute Gasteiger partial charge is 0.225 e. The Bertz CT molecular complexity index is 642. The van der Waals surface area contributed by atoms with Crippen molar-refractivity contribution in [3.8, 4) is 11.5 Å². The molecule has 0 fully saturated rings. The Morgan fingerprint density at radius 3 is 2.71 bits per heavy atom. The van der Waals surface area contributed by atoms with E-state index in [0.29, 0.717) is 31.1 Å². The average molecular weight is 349 g/mol. The van der Waals surface area contributed by atoms with Crippen LogP contribution in [0.4, 0.5) is 0 Å². The van der Waals surface area contributed by atoms with Gasteiger partial charge in [0.25, 0.3) is 0 Å². The van der Waals surface area contributed by atoms with E-state index in [1.165, 1.54) is 0 Å². The van der Waals surface area contributed by atoms with Gasteiger partial charge in [-0.25, -0.2) is 0 Å². The highest BCUT2D eigenvalue weighted by Gasteiger charge is 2.13. The summed E-state index contributed by atoms with van der Waals surface area (Å²) in [6.45, 7) is 2.92. The molecule has 1 amide bonds. The first-order valence-electron chi connectivity index (χ1n) is 7.75. The van der Waals surface area contributed by atoms with Crippen LogP contribution in [0, 0.1) is 0 Å². The fourth-order valence-electron chi connectivity index (χ4n) is 2.25. The average Bonchev–Trinajstić information content (AvgIpc) is 3.07. The second-order valence-electron chi connectivity index (χ2n) is 5.30. The third kappa shape index (κ3) is 5.25. The van der Waals surface area contributed by atoms with Gasteiger partial charge in [0.1, 0.15) is 6.61 Å². The molecular weight excluding hydrogens is 326 g/mol. The highest BCUT2D eigenvalue weighted by Crippen LogP contribution is 2.30. The highest BCUT2D eigenvalue weighted by atomic mass is 32.1. The van der Waals surface area contributed by atoms with Crippen LogP contribution in [0.25, 0.3) is 0 Å². The van der Waals surface area contributed by atoms with E-state index in [0.717, 1.165) is 10.4 Å². The summed E-state index contributed by atoms with van der Waals surface area (Å²) in [7, 11) is 3.23. The third-order valence-corrected chi connectivity index (χ3v) is 4.40. The number of benzene rings is 1. The summed E-state index contributed by atoms with van der Waals surface area (Å²) in [5, 5.41) is 4.98. The van der Waals surface area contributed by atoms with Crippen LogP contribution in [0.15, 0.2) is 35.7 Å². The summed E-state index contributed by atoms with van der Waals surface area (Å²) in [6, 6.07) is 9.47. The van der Waals surface area contributed by atoms with Gasteiger partial charge in [-0.15, -0.1) is 11.3 Å². The van der Waals surface area contributed by atoms with E-state index in [-0.39, 0.29) is 11.9 Å². The Hall–Kier alpha value is -2.05. The Balaban J connectivity index is 1.98. The van der Waals surface area contributed by atoms with Crippen molar-refractivity contribution in [2.45, 2.75) is 19.4 Å². The van der Waals surface area contributed by atoms with Crippen molar-refractivity contribution in [1.29, 1.82) is 0 Å². The molecule has 1 aromatic heterocycles. The molecule has 1 N–H and O–H groups in total. The van der Waals surface area contributed by atoms with Gasteiger partial charge in [-0.05, 0) is 36.1 Å². The van der Waals surface area contributed by atoms with Gasteiger partial charge in [-0.1, -0.05) is 12.1 Å². The minimum Gasteiger partial charge on any atom is -0.493 e. The third-order valence-electron chi connectivity index (χ3n) is 3.53. The minimum absolute atomic E-state index is 0.00402. The maximum absolute atomic E-state index is 12.1. The van der Waals surface area contributed by atoms with Crippen molar-refractivity contribution in [3.05, 3.63) is 46.2 Å². The molecule has 0 aliphatic rings. The number of carbonyl (C=O) groups excluding carboxylic acids is 1. The lowest BCUT2D eigenvalue weighted by molar-refractivity contribution is -0.121. The molecule has 0 bridgehead atoms. The maximum Gasteiger partial charge on any atom is 0.225 e. The lowest BCUT2D eigenvalue weighted by atomic mass is 10.1. The molecule has 0 unspecified atom stereocenters. The number of carbonyl (C=O) groups is 1. The summed E-state index contributed by atoms with van der Waals surface area (Å²) in [4.78, 5) is 13.2. The number of thiophene rings is 1. The van der Waals surface area contributed by atoms with Crippen LogP contribution in [-0.4, -0.2) is 33.3 Å². The quantitative estimate of drug-likeness (QED) is 0.706. The Morgan fingerprint density at radius 1 is 1.21 bits per heavy atom. The van der Waals surface area contributed by atoms with Crippen molar-refractivity contribution >= 4 is 17.2 Å². The second kappa shape index (κ2) is 9.30. The van der Waals surface area contributed by atoms with Crippen LogP contribution in [0.5, 0.6) is 11.5 Å². The summed E-state index contributed by atoms with van der Waals surface area (Å²) in [6.07, 6.45) is 0.400. The molecule has 0 saturated heterocycles. The number of hydrogen-bond acceptors (Lipinski definition) is 5. The number of rotatable bonds is 9. The SMILES string of the molecule is COCCOc1ccc([C@H](C)NC(=O)Cc2cccs2)cc1OC. The molecule has 0 radical (unpaired) electrons. The molecule has 1 heterocycles. The Kier molecular flexibility index (Phi) is 7.08. The van der Waals surface area contributed by atoms with Crippen molar-refractivity contribution in [3.63, 3.8) is 0 Å². The molecule has 0 saturated carbocycles. The van der Waals surface area contributed by atoms with E-state index >= 15 is 0 Å². The summed E-state index contributed by atoms with van der Waals surface area (Å²) >= 11 is 1.58. The van der Waals surface area contributed by atoms with E-state index in [1.54, 1.807) is 25.6 Å². The van der Waals surface area contributed by atoms with Gasteiger partial charge >= 0.3 is 0 Å². The van der Waals surface area contributed by atoms with Crippen LogP contribution >= 0.6 is 11.3 Å². The Morgan fingerprint density at radius 2 is 2.04 bits per heavy atom. The van der Waals surface area contributed by atoms with Gasteiger partial charge in [0.05, 0.1) is 26.2 Å². The first-order valence-corrected chi connectivity index (χ1v) is 8.63. The molecule has 2 rings (SSSR count). The largest absolute Gasteiger partial charge is 0.493 e. The molecule has 0 spiro atoms. The number of nitrogens with one attached hydrogen (secondary N) is 1. The second-order valence-corrected chi connectivity index (χ2v) is 6.33. The molecule has 6 heteroatoms. The zero-order chi connectivity index (χ0) is 17.4. The predicted octanol–water partition coefficient (Wildman–Crippen LogP) is 3.20. The maximum atomic E-state index is 12.1. The van der Waals surface area contributed by atoms with Crippen LogP contribution in [0.1, 0.15) is 23.4 Å². The fourth-order valence-corrected chi connectivity index (χ4v) is 2.96. The van der Waals surface area contributed by atoms with Gasteiger partial charge in [-0.2, -0.15) is 0 Å². The molecule has 0 aliphatic heterocycles. The molecular formula is C18H23NO4S. The molecule has 2 aromatic rings. The number of methoxy groups -OCH3 is 2. The summed E-state index contributed by atoms with van der Waals surface area (Å²) < 4.78 is 16.0. The van der Waals surface area contributed by atoms with Crippen LogP contribution in [0.3, 0.4) is 0 Å². The number of ether oxygens (including phenoxy) is 3. The Labute approximate surface area is 146 Å². The highest BCUT2D eigenvalue weighted by molar-refractivity contribution is 7.10. The summed E-state index contributed by atoms with van der Waals surface area (Å²) in [5.41, 5.74) is 0.963. The van der Waals surface area contributed by atoms with Crippen LogP contribution < -0.4 is 14.8 Å². The molecule has 5 nitrogen and oxygen atoms in total. The number of amides is 1. The lowest BCUT2D eigenvalue weighted by Crippen LogP contribution is -2.27. The number of hydrogen-bond donors (Lipinski definition) is 1. The van der Waals surface area contributed by atoms with Crippen LogP contribution in [-0.2, 0) is 16.0 Å². The molecule has 24 heavy (non-hydrogen) atoms. The first-order chi connectivity index (χ1) is 11.6. The lowest BCUT2D eigenvalue weighted by Gasteiger charge is -2.17. The van der Waals surface area contributed by atoms with Crippen molar-refractivity contribution < 1.29 is 19.0 Å². The van der Waals surface area contributed by atoms with Gasteiger partial charge < -0.3 is 19.5 Å². The standard InChI is InChI=1S/C18H23NO4S/c1-13(19-18(20)12-15-5-4-10-24-15)14-6-7-16(17(11-14)22-3)23-9-8-21-2/h4-7,10-11,13H,8-9,12H2,1-3H3,(H,19,20)/t13-/m0/s1. The first kappa shape index (κ1) is 18.3. The van der Waals surface area contributed by atoms with Crippen molar-refractivity contribution in [2.24, 2.45) is 0 Å². The molecule has 130 valence electrons.